The topological polar surface area (TPSA) is 67.6 Å². The van der Waals surface area contributed by atoms with Crippen LogP contribution in [-0.2, 0) is 10.0 Å². The SMILES string of the molecule is Cc1cccc(N(C)S(=O)(=O)c2ccc(C=O)o2)c1. The molecule has 2 rings (SSSR count). The lowest BCUT2D eigenvalue weighted by Gasteiger charge is -2.18. The molecule has 0 unspecified atom stereocenters. The molecule has 0 aliphatic rings. The minimum atomic E-state index is -3.79. The van der Waals surface area contributed by atoms with Gasteiger partial charge >= 0.3 is 0 Å². The second-order valence-corrected chi connectivity index (χ2v) is 5.99. The van der Waals surface area contributed by atoms with Crippen molar-refractivity contribution in [2.45, 2.75) is 12.0 Å². The van der Waals surface area contributed by atoms with Crippen LogP contribution in [0.3, 0.4) is 0 Å². The van der Waals surface area contributed by atoms with Crippen LogP contribution in [0.15, 0.2) is 45.9 Å². The van der Waals surface area contributed by atoms with Gasteiger partial charge < -0.3 is 4.42 Å². The van der Waals surface area contributed by atoms with Crippen LogP contribution in [0.1, 0.15) is 16.1 Å². The molecule has 0 aliphatic carbocycles. The first kappa shape index (κ1) is 13.4. The number of carbonyl (C=O) groups is 1. The van der Waals surface area contributed by atoms with Crippen molar-refractivity contribution in [2.24, 2.45) is 0 Å². The average molecular weight is 279 g/mol. The van der Waals surface area contributed by atoms with Crippen LogP contribution in [0.25, 0.3) is 0 Å². The smallest absolute Gasteiger partial charge is 0.297 e. The Balaban J connectivity index is 2.41. The largest absolute Gasteiger partial charge is 0.440 e. The Kier molecular flexibility index (Phi) is 3.44. The van der Waals surface area contributed by atoms with Gasteiger partial charge in [0.25, 0.3) is 10.0 Å². The van der Waals surface area contributed by atoms with Gasteiger partial charge in [0.2, 0.25) is 5.09 Å². The van der Waals surface area contributed by atoms with Gasteiger partial charge in [0.1, 0.15) is 0 Å². The molecule has 5 nitrogen and oxygen atoms in total. The number of nitrogens with zero attached hydrogens (tertiary/aromatic N) is 1. The van der Waals surface area contributed by atoms with Crippen LogP contribution < -0.4 is 4.31 Å². The van der Waals surface area contributed by atoms with Crippen molar-refractivity contribution in [1.29, 1.82) is 0 Å². The molecule has 0 spiro atoms. The summed E-state index contributed by atoms with van der Waals surface area (Å²) in [6.07, 6.45) is 0.464. The number of benzene rings is 1. The minimum Gasteiger partial charge on any atom is -0.440 e. The Bertz CT molecular complexity index is 703. The van der Waals surface area contributed by atoms with Crippen molar-refractivity contribution in [3.8, 4) is 0 Å². The third-order valence-corrected chi connectivity index (χ3v) is 4.36. The standard InChI is InChI=1S/C13H13NO4S/c1-10-4-3-5-11(8-10)14(2)19(16,17)13-7-6-12(9-15)18-13/h3-9H,1-2H3. The Morgan fingerprint density at radius 2 is 1.95 bits per heavy atom. The number of rotatable bonds is 4. The van der Waals surface area contributed by atoms with Crippen LogP contribution in [0.2, 0.25) is 0 Å². The molecular formula is C13H13NO4S. The second-order valence-electron chi connectivity index (χ2n) is 4.09. The molecule has 0 saturated heterocycles. The predicted molar refractivity (Wildman–Crippen MR) is 70.9 cm³/mol. The van der Waals surface area contributed by atoms with E-state index in [1.165, 1.54) is 19.2 Å². The normalized spacial score (nSPS) is 11.3. The van der Waals surface area contributed by atoms with E-state index >= 15 is 0 Å². The summed E-state index contributed by atoms with van der Waals surface area (Å²) in [7, 11) is -2.35. The summed E-state index contributed by atoms with van der Waals surface area (Å²) >= 11 is 0. The number of aldehydes is 1. The molecule has 0 amide bonds. The van der Waals surface area contributed by atoms with Gasteiger partial charge in [0.15, 0.2) is 12.0 Å². The number of carbonyl (C=O) groups excluding carboxylic acids is 1. The second kappa shape index (κ2) is 4.89. The van der Waals surface area contributed by atoms with E-state index in [4.69, 9.17) is 4.42 Å². The fourth-order valence-electron chi connectivity index (χ4n) is 1.63. The first-order chi connectivity index (χ1) is 8.95. The maximum absolute atomic E-state index is 12.3. The van der Waals surface area contributed by atoms with E-state index in [1.54, 1.807) is 18.2 Å². The van der Waals surface area contributed by atoms with Crippen molar-refractivity contribution in [3.05, 3.63) is 47.7 Å². The molecule has 1 heterocycles. The number of hydrogen-bond donors (Lipinski definition) is 0. The lowest BCUT2D eigenvalue weighted by atomic mass is 10.2. The molecule has 0 aliphatic heterocycles. The van der Waals surface area contributed by atoms with Crippen molar-refractivity contribution in [3.63, 3.8) is 0 Å². The summed E-state index contributed by atoms with van der Waals surface area (Å²) in [5.41, 5.74) is 1.48. The van der Waals surface area contributed by atoms with E-state index in [2.05, 4.69) is 0 Å². The lowest BCUT2D eigenvalue weighted by molar-refractivity contribution is 0.109. The molecule has 6 heteroatoms. The van der Waals surface area contributed by atoms with E-state index in [0.29, 0.717) is 12.0 Å². The Labute approximate surface area is 111 Å². The van der Waals surface area contributed by atoms with Gasteiger partial charge in [-0.05, 0) is 36.8 Å². The maximum Gasteiger partial charge on any atom is 0.297 e. The number of furan rings is 1. The molecule has 1 aromatic carbocycles. The summed E-state index contributed by atoms with van der Waals surface area (Å²) in [4.78, 5) is 10.5. The van der Waals surface area contributed by atoms with Gasteiger partial charge in [-0.2, -0.15) is 8.42 Å². The van der Waals surface area contributed by atoms with E-state index in [0.717, 1.165) is 9.87 Å². The molecule has 0 saturated carbocycles. The average Bonchev–Trinajstić information content (AvgIpc) is 2.87. The van der Waals surface area contributed by atoms with Crippen molar-refractivity contribution in [2.75, 3.05) is 11.4 Å². The fourth-order valence-corrected chi connectivity index (χ4v) is 2.74. The van der Waals surface area contributed by atoms with Crippen LogP contribution >= 0.6 is 0 Å². The van der Waals surface area contributed by atoms with Crippen LogP contribution in [0, 0.1) is 6.92 Å². The molecule has 0 radical (unpaired) electrons. The summed E-state index contributed by atoms with van der Waals surface area (Å²) in [6.45, 7) is 1.88. The van der Waals surface area contributed by atoms with E-state index in [9.17, 15) is 13.2 Å². The number of anilines is 1. The first-order valence-electron chi connectivity index (χ1n) is 5.56. The van der Waals surface area contributed by atoms with Gasteiger partial charge in [0, 0.05) is 7.05 Å². The Hall–Kier alpha value is -2.08. The van der Waals surface area contributed by atoms with Crippen LogP contribution in [0.4, 0.5) is 5.69 Å². The summed E-state index contributed by atoms with van der Waals surface area (Å²) in [6, 6.07) is 9.68. The predicted octanol–water partition coefficient (Wildman–Crippen LogP) is 2.23. The quantitative estimate of drug-likeness (QED) is 0.805. The summed E-state index contributed by atoms with van der Waals surface area (Å²) in [5, 5.41) is -0.251. The molecule has 100 valence electrons. The Morgan fingerprint density at radius 1 is 1.21 bits per heavy atom. The highest BCUT2D eigenvalue weighted by molar-refractivity contribution is 7.92. The molecule has 19 heavy (non-hydrogen) atoms. The lowest BCUT2D eigenvalue weighted by Crippen LogP contribution is -2.26. The highest BCUT2D eigenvalue weighted by atomic mass is 32.2. The van der Waals surface area contributed by atoms with Crippen molar-refractivity contribution < 1.29 is 17.6 Å². The van der Waals surface area contributed by atoms with Gasteiger partial charge in [-0.3, -0.25) is 9.10 Å². The number of aryl methyl sites for hydroxylation is 1. The number of hydrogen-bond acceptors (Lipinski definition) is 4. The van der Waals surface area contributed by atoms with E-state index in [-0.39, 0.29) is 10.9 Å². The Morgan fingerprint density at radius 3 is 2.53 bits per heavy atom. The summed E-state index contributed by atoms with van der Waals surface area (Å²) < 4.78 is 30.7. The molecule has 2 aromatic rings. The van der Waals surface area contributed by atoms with Gasteiger partial charge in [-0.25, -0.2) is 0 Å². The number of sulfonamides is 1. The zero-order valence-electron chi connectivity index (χ0n) is 10.5. The molecular weight excluding hydrogens is 266 g/mol. The van der Waals surface area contributed by atoms with Gasteiger partial charge in [-0.1, -0.05) is 12.1 Å². The fraction of sp³-hybridized carbons (Fsp3) is 0.154. The third kappa shape index (κ3) is 2.53. The first-order valence-corrected chi connectivity index (χ1v) is 7.00. The molecule has 0 atom stereocenters. The third-order valence-electron chi connectivity index (χ3n) is 2.70. The summed E-state index contributed by atoms with van der Waals surface area (Å²) in [5.74, 6) is -0.0174. The van der Waals surface area contributed by atoms with Crippen molar-refractivity contribution >= 4 is 22.0 Å². The zero-order chi connectivity index (χ0) is 14.0. The monoisotopic (exact) mass is 279 g/mol. The van der Waals surface area contributed by atoms with E-state index in [1.807, 2.05) is 13.0 Å². The zero-order valence-corrected chi connectivity index (χ0v) is 11.3. The van der Waals surface area contributed by atoms with Crippen molar-refractivity contribution in [1.82, 2.24) is 0 Å². The maximum atomic E-state index is 12.3. The van der Waals surface area contributed by atoms with Gasteiger partial charge in [-0.15, -0.1) is 0 Å². The minimum absolute atomic E-state index is 0.0174. The molecule has 0 fully saturated rings. The van der Waals surface area contributed by atoms with Crippen LogP contribution in [-0.4, -0.2) is 21.8 Å². The molecule has 1 aromatic heterocycles. The van der Waals surface area contributed by atoms with Gasteiger partial charge in [0.05, 0.1) is 5.69 Å². The van der Waals surface area contributed by atoms with Crippen LogP contribution in [0.5, 0.6) is 0 Å². The highest BCUT2D eigenvalue weighted by Crippen LogP contribution is 2.23. The molecule has 0 bridgehead atoms. The molecule has 0 N–H and O–H groups in total. The van der Waals surface area contributed by atoms with E-state index < -0.39 is 10.0 Å². The highest BCUT2D eigenvalue weighted by Gasteiger charge is 2.25.